The Balaban J connectivity index is 1.69. The highest BCUT2D eigenvalue weighted by atomic mass is 19.1. The molecular weight excluding hydrogens is 295 g/mol. The lowest BCUT2D eigenvalue weighted by molar-refractivity contribution is -0.0431. The molecule has 0 bridgehead atoms. The van der Waals surface area contributed by atoms with Crippen molar-refractivity contribution in [1.82, 2.24) is 9.80 Å². The number of aryl methyl sites for hydroxylation is 1. The van der Waals surface area contributed by atoms with Crippen molar-refractivity contribution in [2.45, 2.75) is 38.2 Å². The first-order valence-corrected chi connectivity index (χ1v) is 8.47. The van der Waals surface area contributed by atoms with Crippen LogP contribution in [0.3, 0.4) is 0 Å². The zero-order chi connectivity index (χ0) is 16.4. The number of hydrogen-bond acceptors (Lipinski definition) is 3. The molecule has 0 radical (unpaired) electrons. The van der Waals surface area contributed by atoms with Crippen LogP contribution in [-0.4, -0.2) is 59.1 Å². The van der Waals surface area contributed by atoms with Crippen LogP contribution in [-0.2, 0) is 0 Å². The summed E-state index contributed by atoms with van der Waals surface area (Å²) >= 11 is 0. The van der Waals surface area contributed by atoms with E-state index in [4.69, 9.17) is 0 Å². The molecule has 0 spiro atoms. The average molecular weight is 320 g/mol. The van der Waals surface area contributed by atoms with Gasteiger partial charge in [-0.25, -0.2) is 4.39 Å². The van der Waals surface area contributed by atoms with E-state index in [2.05, 4.69) is 4.90 Å². The Hall–Kier alpha value is -1.46. The summed E-state index contributed by atoms with van der Waals surface area (Å²) in [6.45, 7) is 5.38. The molecule has 1 aromatic carbocycles. The Kier molecular flexibility index (Phi) is 4.69. The molecule has 2 aliphatic heterocycles. The normalized spacial score (nSPS) is 25.8. The second-order valence-corrected chi connectivity index (χ2v) is 7.00. The summed E-state index contributed by atoms with van der Waals surface area (Å²) in [6.07, 6.45) is 3.91. The van der Waals surface area contributed by atoms with E-state index < -0.39 is 5.60 Å². The Morgan fingerprint density at radius 1 is 1.26 bits per heavy atom. The molecule has 5 heteroatoms. The largest absolute Gasteiger partial charge is 0.387 e. The third-order valence-corrected chi connectivity index (χ3v) is 4.96. The minimum atomic E-state index is -0.826. The molecule has 1 aromatic rings. The maximum absolute atomic E-state index is 13.4. The van der Waals surface area contributed by atoms with Crippen LogP contribution in [0.15, 0.2) is 18.2 Å². The molecule has 2 fully saturated rings. The summed E-state index contributed by atoms with van der Waals surface area (Å²) < 4.78 is 13.4. The summed E-state index contributed by atoms with van der Waals surface area (Å²) in [5, 5.41) is 10.9. The topological polar surface area (TPSA) is 43.8 Å². The minimum Gasteiger partial charge on any atom is -0.387 e. The zero-order valence-corrected chi connectivity index (χ0v) is 13.7. The van der Waals surface area contributed by atoms with Gasteiger partial charge in [0.05, 0.1) is 12.1 Å². The summed E-state index contributed by atoms with van der Waals surface area (Å²) in [5.41, 5.74) is 0.141. The molecule has 3 rings (SSSR count). The van der Waals surface area contributed by atoms with Crippen LogP contribution < -0.4 is 0 Å². The number of aliphatic hydroxyl groups is 1. The van der Waals surface area contributed by atoms with Gasteiger partial charge in [0.15, 0.2) is 0 Å². The summed E-state index contributed by atoms with van der Waals surface area (Å²) in [7, 11) is 0. The molecule has 23 heavy (non-hydrogen) atoms. The Morgan fingerprint density at radius 3 is 2.70 bits per heavy atom. The predicted octanol–water partition coefficient (Wildman–Crippen LogP) is 2.20. The number of hydrogen-bond donors (Lipinski definition) is 1. The van der Waals surface area contributed by atoms with Crippen molar-refractivity contribution in [1.29, 1.82) is 0 Å². The first-order valence-electron chi connectivity index (χ1n) is 8.47. The van der Waals surface area contributed by atoms with Crippen molar-refractivity contribution in [3.63, 3.8) is 0 Å². The summed E-state index contributed by atoms with van der Waals surface area (Å²) in [4.78, 5) is 16.7. The van der Waals surface area contributed by atoms with Gasteiger partial charge in [0.2, 0.25) is 0 Å². The van der Waals surface area contributed by atoms with Gasteiger partial charge >= 0.3 is 0 Å². The van der Waals surface area contributed by atoms with Gasteiger partial charge in [-0.2, -0.15) is 0 Å². The van der Waals surface area contributed by atoms with Gasteiger partial charge in [-0.1, -0.05) is 0 Å². The quantitative estimate of drug-likeness (QED) is 0.928. The van der Waals surface area contributed by atoms with Crippen molar-refractivity contribution >= 4 is 5.91 Å². The highest BCUT2D eigenvalue weighted by Crippen LogP contribution is 2.25. The molecule has 0 aliphatic carbocycles. The standard InChI is InChI=1S/C18H25FN2O2/c1-14-11-15(5-6-16(14)19)17(22)21-10-4-7-18(23,13-21)12-20-8-2-3-9-20/h5-6,11,23H,2-4,7-10,12-13H2,1H3/t18-/m0/s1. The third kappa shape index (κ3) is 3.72. The van der Waals surface area contributed by atoms with E-state index in [0.29, 0.717) is 30.8 Å². The molecular formula is C18H25FN2O2. The monoisotopic (exact) mass is 320 g/mol. The van der Waals surface area contributed by atoms with Crippen molar-refractivity contribution in [2.24, 2.45) is 0 Å². The first kappa shape index (κ1) is 16.4. The number of piperidine rings is 1. The lowest BCUT2D eigenvalue weighted by Crippen LogP contribution is -2.55. The molecule has 2 aliphatic rings. The SMILES string of the molecule is Cc1cc(C(=O)N2CCC[C@](O)(CN3CCCC3)C2)ccc1F. The van der Waals surface area contributed by atoms with Crippen molar-refractivity contribution in [3.05, 3.63) is 35.1 Å². The van der Waals surface area contributed by atoms with Crippen LogP contribution in [0.1, 0.15) is 41.6 Å². The van der Waals surface area contributed by atoms with Crippen LogP contribution in [0.25, 0.3) is 0 Å². The third-order valence-electron chi connectivity index (χ3n) is 4.96. The number of benzene rings is 1. The molecule has 1 atom stereocenters. The maximum Gasteiger partial charge on any atom is 0.253 e. The molecule has 1 N–H and O–H groups in total. The molecule has 126 valence electrons. The molecule has 1 amide bonds. The fraction of sp³-hybridized carbons (Fsp3) is 0.611. The summed E-state index contributed by atoms with van der Waals surface area (Å²) in [5.74, 6) is -0.418. The van der Waals surface area contributed by atoms with E-state index in [0.717, 1.165) is 25.9 Å². The van der Waals surface area contributed by atoms with E-state index in [-0.39, 0.29) is 11.7 Å². The molecule has 2 heterocycles. The maximum atomic E-state index is 13.4. The number of amides is 1. The van der Waals surface area contributed by atoms with Gasteiger partial charge < -0.3 is 14.9 Å². The predicted molar refractivity (Wildman–Crippen MR) is 86.9 cm³/mol. The van der Waals surface area contributed by atoms with Gasteiger partial charge in [0.25, 0.3) is 5.91 Å². The van der Waals surface area contributed by atoms with Crippen LogP contribution >= 0.6 is 0 Å². The second-order valence-electron chi connectivity index (χ2n) is 7.00. The Labute approximate surface area is 136 Å². The van der Waals surface area contributed by atoms with Gasteiger partial charge in [0, 0.05) is 18.7 Å². The number of carbonyl (C=O) groups is 1. The number of nitrogens with zero attached hydrogens (tertiary/aromatic N) is 2. The number of carbonyl (C=O) groups excluding carboxylic acids is 1. The number of halogens is 1. The first-order chi connectivity index (χ1) is 11.0. The van der Waals surface area contributed by atoms with Gasteiger partial charge in [-0.15, -0.1) is 0 Å². The van der Waals surface area contributed by atoms with Crippen molar-refractivity contribution in [2.75, 3.05) is 32.7 Å². The number of likely N-dealkylation sites (tertiary alicyclic amines) is 2. The average Bonchev–Trinajstić information content (AvgIpc) is 3.01. The summed E-state index contributed by atoms with van der Waals surface area (Å²) in [6, 6.07) is 4.45. The van der Waals surface area contributed by atoms with Crippen molar-refractivity contribution < 1.29 is 14.3 Å². The van der Waals surface area contributed by atoms with Crippen LogP contribution in [0, 0.1) is 12.7 Å². The van der Waals surface area contributed by atoms with E-state index in [1.807, 2.05) is 0 Å². The highest BCUT2D eigenvalue weighted by Gasteiger charge is 2.37. The lowest BCUT2D eigenvalue weighted by Gasteiger charge is -2.41. The van der Waals surface area contributed by atoms with Crippen LogP contribution in [0.5, 0.6) is 0 Å². The fourth-order valence-corrected chi connectivity index (χ4v) is 3.73. The lowest BCUT2D eigenvalue weighted by atomic mass is 9.91. The highest BCUT2D eigenvalue weighted by molar-refractivity contribution is 5.94. The van der Waals surface area contributed by atoms with E-state index in [9.17, 15) is 14.3 Å². The number of rotatable bonds is 3. The van der Waals surface area contributed by atoms with Gasteiger partial charge in [0.1, 0.15) is 5.82 Å². The van der Waals surface area contributed by atoms with Crippen LogP contribution in [0.2, 0.25) is 0 Å². The Morgan fingerprint density at radius 2 is 2.00 bits per heavy atom. The molecule has 0 aromatic heterocycles. The Bertz CT molecular complexity index is 586. The molecule has 4 nitrogen and oxygen atoms in total. The van der Waals surface area contributed by atoms with E-state index in [1.54, 1.807) is 17.9 Å². The van der Waals surface area contributed by atoms with E-state index in [1.165, 1.54) is 25.0 Å². The van der Waals surface area contributed by atoms with E-state index >= 15 is 0 Å². The fourth-order valence-electron chi connectivity index (χ4n) is 3.73. The molecule has 0 unspecified atom stereocenters. The van der Waals surface area contributed by atoms with Crippen LogP contribution in [0.4, 0.5) is 4.39 Å². The van der Waals surface area contributed by atoms with Gasteiger partial charge in [-0.05, 0) is 69.5 Å². The zero-order valence-electron chi connectivity index (χ0n) is 13.7. The van der Waals surface area contributed by atoms with Crippen molar-refractivity contribution in [3.8, 4) is 0 Å². The minimum absolute atomic E-state index is 0.118. The number of β-amino-alcohol motifs (C(OH)–C–C–N with tert-alkyl or cyclic N) is 1. The second kappa shape index (κ2) is 6.57. The molecule has 2 saturated heterocycles. The smallest absolute Gasteiger partial charge is 0.253 e. The molecule has 0 saturated carbocycles. The van der Waals surface area contributed by atoms with Gasteiger partial charge in [-0.3, -0.25) is 4.79 Å².